The van der Waals surface area contributed by atoms with Crippen LogP contribution in [-0.4, -0.2) is 15.8 Å². The Hall–Kier alpha value is -3.51. The Morgan fingerprint density at radius 2 is 1.81 bits per heavy atom. The first-order chi connectivity index (χ1) is 15.2. The Labute approximate surface area is 184 Å². The molecule has 4 aromatic rings. The lowest BCUT2D eigenvalue weighted by Crippen LogP contribution is -2.29. The maximum Gasteiger partial charge on any atom is 0.264 e. The van der Waals surface area contributed by atoms with Crippen LogP contribution in [0.3, 0.4) is 0 Å². The van der Waals surface area contributed by atoms with E-state index >= 15 is 0 Å². The highest BCUT2D eigenvalue weighted by Crippen LogP contribution is 2.19. The first-order valence-electron chi connectivity index (χ1n) is 9.86. The highest BCUT2D eigenvalue weighted by molar-refractivity contribution is 7.12. The second-order valence-corrected chi connectivity index (χ2v) is 7.97. The Morgan fingerprint density at radius 3 is 2.52 bits per heavy atom. The van der Waals surface area contributed by atoms with Crippen LogP contribution in [0.2, 0.25) is 0 Å². The van der Waals surface area contributed by atoms with Gasteiger partial charge in [-0.05, 0) is 59.0 Å². The molecule has 0 N–H and O–H groups in total. The van der Waals surface area contributed by atoms with Gasteiger partial charge in [0.2, 0.25) is 0 Å². The molecule has 2 heterocycles. The van der Waals surface area contributed by atoms with Gasteiger partial charge in [0.25, 0.3) is 5.91 Å². The Kier molecular flexibility index (Phi) is 6.69. The fourth-order valence-electron chi connectivity index (χ4n) is 3.15. The molecule has 2 aromatic carbocycles. The molecule has 0 bridgehead atoms. The number of hydrogen-bond acceptors (Lipinski definition) is 4. The van der Waals surface area contributed by atoms with Gasteiger partial charge in [-0.2, -0.15) is 0 Å². The van der Waals surface area contributed by atoms with E-state index < -0.39 is 0 Å². The van der Waals surface area contributed by atoms with Crippen LogP contribution in [0.15, 0.2) is 90.4 Å². The molecule has 1 amide bonds. The highest BCUT2D eigenvalue weighted by Gasteiger charge is 2.18. The number of thiophene rings is 1. The molecule has 4 rings (SSSR count). The molecule has 0 aliphatic carbocycles. The molecule has 0 radical (unpaired) electrons. The normalized spacial score (nSPS) is 10.6. The number of aromatic nitrogens is 1. The molecule has 0 atom stereocenters. The lowest BCUT2D eigenvalue weighted by Gasteiger charge is -2.22. The van der Waals surface area contributed by atoms with Gasteiger partial charge in [-0.3, -0.25) is 9.78 Å². The second kappa shape index (κ2) is 10.00. The Morgan fingerprint density at radius 1 is 0.935 bits per heavy atom. The third-order valence-corrected chi connectivity index (χ3v) is 5.55. The molecule has 0 aliphatic rings. The van der Waals surface area contributed by atoms with Crippen LogP contribution in [0.1, 0.15) is 26.5 Å². The maximum absolute atomic E-state index is 13.3. The van der Waals surface area contributed by atoms with E-state index in [1.807, 2.05) is 66.0 Å². The summed E-state index contributed by atoms with van der Waals surface area (Å²) in [6.07, 6.45) is 1.73. The zero-order valence-electron chi connectivity index (χ0n) is 16.8. The Balaban J connectivity index is 1.44. The highest BCUT2D eigenvalue weighted by atomic mass is 32.1. The lowest BCUT2D eigenvalue weighted by molar-refractivity contribution is 0.0733. The van der Waals surface area contributed by atoms with E-state index in [9.17, 15) is 9.18 Å². The standard InChI is InChI=1S/C25H21FN2O2S/c26-21-6-3-5-20(15-21)18-30-23-11-9-19(10-12-23)16-28(17-22-7-1-2-13-27-22)25(29)24-8-4-14-31-24/h1-15H,16-18H2. The van der Waals surface area contributed by atoms with E-state index in [0.29, 0.717) is 30.3 Å². The average molecular weight is 433 g/mol. The number of hydrogen-bond donors (Lipinski definition) is 0. The summed E-state index contributed by atoms with van der Waals surface area (Å²) < 4.78 is 19.1. The summed E-state index contributed by atoms with van der Waals surface area (Å²) in [7, 11) is 0. The number of rotatable bonds is 8. The monoisotopic (exact) mass is 432 g/mol. The van der Waals surface area contributed by atoms with E-state index in [0.717, 1.165) is 16.8 Å². The number of carbonyl (C=O) groups excluding carboxylic acids is 1. The van der Waals surface area contributed by atoms with Gasteiger partial charge in [-0.15, -0.1) is 11.3 Å². The Bertz CT molecular complexity index is 1120. The van der Waals surface area contributed by atoms with E-state index in [2.05, 4.69) is 4.98 Å². The van der Waals surface area contributed by atoms with E-state index in [4.69, 9.17) is 4.74 Å². The van der Waals surface area contributed by atoms with Crippen LogP contribution in [0.25, 0.3) is 0 Å². The lowest BCUT2D eigenvalue weighted by atomic mass is 10.2. The van der Waals surface area contributed by atoms with Gasteiger partial charge in [0.1, 0.15) is 18.2 Å². The van der Waals surface area contributed by atoms with Gasteiger partial charge in [-0.25, -0.2) is 4.39 Å². The molecule has 0 saturated carbocycles. The summed E-state index contributed by atoms with van der Waals surface area (Å²) in [4.78, 5) is 19.9. The zero-order chi connectivity index (χ0) is 21.5. The molecule has 0 spiro atoms. The number of ether oxygens (including phenoxy) is 1. The minimum atomic E-state index is -0.278. The molecule has 31 heavy (non-hydrogen) atoms. The summed E-state index contributed by atoms with van der Waals surface area (Å²) in [6.45, 7) is 1.17. The van der Waals surface area contributed by atoms with Crippen molar-refractivity contribution in [2.75, 3.05) is 0 Å². The summed E-state index contributed by atoms with van der Waals surface area (Å²) in [6, 6.07) is 23.4. The maximum atomic E-state index is 13.3. The second-order valence-electron chi connectivity index (χ2n) is 7.02. The van der Waals surface area contributed by atoms with Crippen LogP contribution in [0, 0.1) is 5.82 Å². The van der Waals surface area contributed by atoms with Crippen molar-refractivity contribution in [1.82, 2.24) is 9.88 Å². The molecule has 6 heteroatoms. The SMILES string of the molecule is O=C(c1cccs1)N(Cc1ccc(OCc2cccc(F)c2)cc1)Cc1ccccn1. The quantitative estimate of drug-likeness (QED) is 0.358. The molecule has 2 aromatic heterocycles. The van der Waals surface area contributed by atoms with Crippen molar-refractivity contribution in [3.63, 3.8) is 0 Å². The third kappa shape index (κ3) is 5.77. The summed E-state index contributed by atoms with van der Waals surface area (Å²) in [5.41, 5.74) is 2.59. The molecular formula is C25H21FN2O2S. The van der Waals surface area contributed by atoms with Gasteiger partial charge in [-0.1, -0.05) is 36.4 Å². The minimum Gasteiger partial charge on any atom is -0.489 e. The van der Waals surface area contributed by atoms with E-state index in [1.54, 1.807) is 17.2 Å². The first kappa shape index (κ1) is 20.8. The molecular weight excluding hydrogens is 411 g/mol. The van der Waals surface area contributed by atoms with Crippen LogP contribution in [0.5, 0.6) is 5.75 Å². The van der Waals surface area contributed by atoms with Crippen molar-refractivity contribution in [2.24, 2.45) is 0 Å². The fourth-order valence-corrected chi connectivity index (χ4v) is 3.84. The topological polar surface area (TPSA) is 42.4 Å². The van der Waals surface area contributed by atoms with Crippen molar-refractivity contribution < 1.29 is 13.9 Å². The van der Waals surface area contributed by atoms with Crippen LogP contribution in [0.4, 0.5) is 4.39 Å². The van der Waals surface area contributed by atoms with Crippen LogP contribution < -0.4 is 4.74 Å². The smallest absolute Gasteiger partial charge is 0.264 e. The minimum absolute atomic E-state index is 0.0212. The molecule has 0 saturated heterocycles. The van der Waals surface area contributed by atoms with Crippen LogP contribution in [-0.2, 0) is 19.7 Å². The predicted molar refractivity (Wildman–Crippen MR) is 119 cm³/mol. The summed E-state index contributed by atoms with van der Waals surface area (Å²) in [5.74, 6) is 0.390. The third-order valence-electron chi connectivity index (χ3n) is 4.69. The molecule has 0 unspecified atom stereocenters. The van der Waals surface area contributed by atoms with Gasteiger partial charge in [0, 0.05) is 12.7 Å². The predicted octanol–water partition coefficient (Wildman–Crippen LogP) is 5.70. The number of pyridine rings is 1. The number of amides is 1. The number of nitrogens with zero attached hydrogens (tertiary/aromatic N) is 2. The number of halogens is 1. The summed E-state index contributed by atoms with van der Waals surface area (Å²) >= 11 is 1.43. The van der Waals surface area contributed by atoms with Gasteiger partial charge in [0.05, 0.1) is 17.1 Å². The summed E-state index contributed by atoms with van der Waals surface area (Å²) in [5, 5.41) is 1.90. The molecule has 4 nitrogen and oxygen atoms in total. The first-order valence-corrected chi connectivity index (χ1v) is 10.7. The average Bonchev–Trinajstić information content (AvgIpc) is 3.33. The van der Waals surface area contributed by atoms with Crippen molar-refractivity contribution in [1.29, 1.82) is 0 Å². The van der Waals surface area contributed by atoms with Gasteiger partial charge >= 0.3 is 0 Å². The van der Waals surface area contributed by atoms with Crippen LogP contribution >= 0.6 is 11.3 Å². The van der Waals surface area contributed by atoms with Crippen molar-refractivity contribution in [3.8, 4) is 5.75 Å². The zero-order valence-corrected chi connectivity index (χ0v) is 17.6. The van der Waals surface area contributed by atoms with Gasteiger partial charge in [0.15, 0.2) is 0 Å². The molecule has 0 aliphatic heterocycles. The van der Waals surface area contributed by atoms with Crippen molar-refractivity contribution in [3.05, 3.63) is 118 Å². The fraction of sp³-hybridized carbons (Fsp3) is 0.120. The molecule has 0 fully saturated rings. The van der Waals surface area contributed by atoms with Crippen molar-refractivity contribution in [2.45, 2.75) is 19.7 Å². The number of benzene rings is 2. The van der Waals surface area contributed by atoms with E-state index in [1.165, 1.54) is 23.5 Å². The van der Waals surface area contributed by atoms with Crippen molar-refractivity contribution >= 4 is 17.2 Å². The number of carbonyl (C=O) groups is 1. The van der Waals surface area contributed by atoms with Gasteiger partial charge < -0.3 is 9.64 Å². The molecule has 156 valence electrons. The van der Waals surface area contributed by atoms with E-state index in [-0.39, 0.29) is 11.7 Å². The largest absolute Gasteiger partial charge is 0.489 e.